The summed E-state index contributed by atoms with van der Waals surface area (Å²) >= 11 is 0. The Hall–Kier alpha value is -3.68. The number of nitrogens with two attached hydrogens (primary N) is 1. The number of nitrogens with zero attached hydrogens (tertiary/aromatic N) is 4. The van der Waals surface area contributed by atoms with Gasteiger partial charge in [-0.3, -0.25) is 19.3 Å². The van der Waals surface area contributed by atoms with Gasteiger partial charge in [0.05, 0.1) is 6.04 Å². The Bertz CT molecular complexity index is 1180. The Morgan fingerprint density at radius 3 is 2.44 bits per heavy atom. The lowest BCUT2D eigenvalue weighted by Crippen LogP contribution is -2.50. The smallest absolute Gasteiger partial charge is 0.262 e. The summed E-state index contributed by atoms with van der Waals surface area (Å²) in [6.07, 6.45) is 1.39. The van der Waals surface area contributed by atoms with Gasteiger partial charge in [-0.1, -0.05) is 56.3 Å². The molecule has 2 aliphatic rings. The summed E-state index contributed by atoms with van der Waals surface area (Å²) in [5, 5.41) is 0. The van der Waals surface area contributed by atoms with Crippen LogP contribution in [-0.4, -0.2) is 65.1 Å². The molecule has 2 N–H and O–H groups in total. The molecule has 2 heterocycles. The highest BCUT2D eigenvalue weighted by Crippen LogP contribution is 2.41. The minimum Gasteiger partial charge on any atom is -0.369 e. The highest BCUT2D eigenvalue weighted by Gasteiger charge is 2.50. The van der Waals surface area contributed by atoms with Gasteiger partial charge in [-0.15, -0.1) is 0 Å². The summed E-state index contributed by atoms with van der Waals surface area (Å²) in [4.78, 5) is 48.8. The van der Waals surface area contributed by atoms with E-state index in [-0.39, 0.29) is 30.2 Å². The second-order valence-corrected chi connectivity index (χ2v) is 10.1. The molecule has 8 heteroatoms. The van der Waals surface area contributed by atoms with E-state index < -0.39 is 11.6 Å². The fraction of sp³-hybridized carbons (Fsp3) is 0.429. The predicted octanol–water partition coefficient (Wildman–Crippen LogP) is 3.15. The molecule has 4 rings (SSSR count). The van der Waals surface area contributed by atoms with Gasteiger partial charge < -0.3 is 15.5 Å². The van der Waals surface area contributed by atoms with Crippen molar-refractivity contribution in [3.8, 4) is 0 Å². The Balaban J connectivity index is 1.61. The number of hydrogen-bond acceptors (Lipinski definition) is 5. The van der Waals surface area contributed by atoms with Crippen LogP contribution in [0.4, 0.5) is 0 Å². The van der Waals surface area contributed by atoms with Crippen LogP contribution < -0.4 is 5.73 Å². The monoisotopic (exact) mass is 489 g/mol. The van der Waals surface area contributed by atoms with Crippen molar-refractivity contribution in [1.82, 2.24) is 14.7 Å². The van der Waals surface area contributed by atoms with Crippen molar-refractivity contribution in [3.63, 3.8) is 0 Å². The molecule has 36 heavy (non-hydrogen) atoms. The zero-order chi connectivity index (χ0) is 26.0. The standard InChI is InChI=1S/C28H35N5O3/c1-19(2)13-14-28(23-11-6-5-7-12-23)26(36)33(27(29)30-28)20(3)21-9-8-10-22(17-21)25(35)32-16-15-31(4)24(34)18-32/h5-12,17,19-20H,13-16,18H2,1-4H3,(H2,29,30). The maximum Gasteiger partial charge on any atom is 0.262 e. The molecule has 1 fully saturated rings. The largest absolute Gasteiger partial charge is 0.369 e. The van der Waals surface area contributed by atoms with E-state index in [0.717, 1.165) is 17.5 Å². The van der Waals surface area contributed by atoms with Crippen LogP contribution in [0.15, 0.2) is 59.6 Å². The number of guanidine groups is 1. The summed E-state index contributed by atoms with van der Waals surface area (Å²) in [7, 11) is 1.74. The van der Waals surface area contributed by atoms with E-state index >= 15 is 0 Å². The number of aliphatic imine (C=N–C) groups is 1. The third kappa shape index (κ3) is 4.72. The van der Waals surface area contributed by atoms with Crippen LogP contribution in [0.25, 0.3) is 0 Å². The van der Waals surface area contributed by atoms with Crippen LogP contribution in [0.1, 0.15) is 61.1 Å². The van der Waals surface area contributed by atoms with Crippen molar-refractivity contribution in [2.75, 3.05) is 26.7 Å². The average Bonchev–Trinajstić information content (AvgIpc) is 3.14. The molecule has 0 saturated carbocycles. The van der Waals surface area contributed by atoms with Crippen molar-refractivity contribution >= 4 is 23.7 Å². The molecule has 1 saturated heterocycles. The summed E-state index contributed by atoms with van der Waals surface area (Å²) in [6.45, 7) is 7.21. The van der Waals surface area contributed by atoms with Crippen LogP contribution in [0, 0.1) is 5.92 Å². The molecular formula is C28H35N5O3. The van der Waals surface area contributed by atoms with Gasteiger partial charge in [0.25, 0.3) is 11.8 Å². The first kappa shape index (κ1) is 25.4. The number of rotatable bonds is 7. The van der Waals surface area contributed by atoms with E-state index in [9.17, 15) is 14.4 Å². The van der Waals surface area contributed by atoms with Crippen LogP contribution in [0.2, 0.25) is 0 Å². The Morgan fingerprint density at radius 2 is 1.78 bits per heavy atom. The van der Waals surface area contributed by atoms with Crippen LogP contribution in [0.5, 0.6) is 0 Å². The highest BCUT2D eigenvalue weighted by molar-refractivity contribution is 6.07. The predicted molar refractivity (Wildman–Crippen MR) is 139 cm³/mol. The number of piperazine rings is 1. The first-order valence-electron chi connectivity index (χ1n) is 12.5. The van der Waals surface area contributed by atoms with Gasteiger partial charge in [0.1, 0.15) is 6.54 Å². The van der Waals surface area contributed by atoms with Crippen molar-refractivity contribution in [2.45, 2.75) is 45.2 Å². The van der Waals surface area contributed by atoms with Crippen molar-refractivity contribution in [3.05, 3.63) is 71.3 Å². The fourth-order valence-electron chi connectivity index (χ4n) is 4.88. The number of carbonyl (C=O) groups excluding carboxylic acids is 3. The molecule has 0 bridgehead atoms. The number of amides is 3. The minimum absolute atomic E-state index is 0.0643. The molecule has 0 spiro atoms. The molecule has 8 nitrogen and oxygen atoms in total. The molecule has 2 aromatic rings. The van der Waals surface area contributed by atoms with E-state index in [1.165, 1.54) is 0 Å². The van der Waals surface area contributed by atoms with Crippen molar-refractivity contribution in [2.24, 2.45) is 16.6 Å². The minimum atomic E-state index is -1.06. The molecule has 2 aromatic carbocycles. The highest BCUT2D eigenvalue weighted by atomic mass is 16.2. The second-order valence-electron chi connectivity index (χ2n) is 10.1. The normalized spacial score (nSPS) is 21.2. The molecule has 190 valence electrons. The number of hydrogen-bond donors (Lipinski definition) is 1. The van der Waals surface area contributed by atoms with Crippen LogP contribution in [0.3, 0.4) is 0 Å². The molecule has 2 unspecified atom stereocenters. The first-order chi connectivity index (χ1) is 17.1. The van der Waals surface area contributed by atoms with Crippen LogP contribution >= 0.6 is 0 Å². The summed E-state index contributed by atoms with van der Waals surface area (Å²) in [6, 6.07) is 16.4. The lowest BCUT2D eigenvalue weighted by atomic mass is 9.83. The molecule has 2 atom stereocenters. The van der Waals surface area contributed by atoms with E-state index in [4.69, 9.17) is 10.7 Å². The van der Waals surface area contributed by atoms with Crippen LogP contribution in [-0.2, 0) is 15.1 Å². The lowest BCUT2D eigenvalue weighted by molar-refractivity contribution is -0.134. The van der Waals surface area contributed by atoms with Crippen molar-refractivity contribution < 1.29 is 14.4 Å². The Labute approximate surface area is 212 Å². The molecule has 0 aliphatic carbocycles. The van der Waals surface area contributed by atoms with E-state index in [0.29, 0.717) is 31.0 Å². The first-order valence-corrected chi connectivity index (χ1v) is 12.5. The quantitative estimate of drug-likeness (QED) is 0.646. The van der Waals surface area contributed by atoms with E-state index in [1.807, 2.05) is 43.3 Å². The van der Waals surface area contributed by atoms with Gasteiger partial charge in [0, 0.05) is 25.7 Å². The van der Waals surface area contributed by atoms with Crippen molar-refractivity contribution in [1.29, 1.82) is 0 Å². The molecule has 3 amide bonds. The summed E-state index contributed by atoms with van der Waals surface area (Å²) < 4.78 is 0. The summed E-state index contributed by atoms with van der Waals surface area (Å²) in [5.74, 6) is 0.160. The van der Waals surface area contributed by atoms with Gasteiger partial charge >= 0.3 is 0 Å². The molecule has 0 radical (unpaired) electrons. The number of carbonyl (C=O) groups is 3. The second kappa shape index (κ2) is 10.1. The number of likely N-dealkylation sites (N-methyl/N-ethyl adjacent to an activating group) is 1. The Morgan fingerprint density at radius 1 is 1.06 bits per heavy atom. The van der Waals surface area contributed by atoms with E-state index in [2.05, 4.69) is 13.8 Å². The molecule has 0 aromatic heterocycles. The fourth-order valence-corrected chi connectivity index (χ4v) is 4.88. The van der Waals surface area contributed by atoms with Gasteiger partial charge in [-0.05, 0) is 48.9 Å². The zero-order valence-electron chi connectivity index (χ0n) is 21.5. The number of benzene rings is 2. The third-order valence-corrected chi connectivity index (χ3v) is 7.21. The molecule has 2 aliphatic heterocycles. The topological polar surface area (TPSA) is 99.3 Å². The lowest BCUT2D eigenvalue weighted by Gasteiger charge is -2.32. The SMILES string of the molecule is CC(C)CCC1(c2ccccc2)N=C(N)N(C(C)c2cccc(C(=O)N3CCN(C)C(=O)C3)c2)C1=O. The summed E-state index contributed by atoms with van der Waals surface area (Å²) in [5.41, 5.74) is 7.44. The molecular weight excluding hydrogens is 454 g/mol. The van der Waals surface area contributed by atoms with E-state index in [1.54, 1.807) is 39.9 Å². The maximum atomic E-state index is 14.0. The maximum absolute atomic E-state index is 14.0. The average molecular weight is 490 g/mol. The van der Waals surface area contributed by atoms with Gasteiger partial charge in [0.2, 0.25) is 5.91 Å². The van der Waals surface area contributed by atoms with Gasteiger partial charge in [-0.25, -0.2) is 4.99 Å². The van der Waals surface area contributed by atoms with Gasteiger partial charge in [-0.2, -0.15) is 0 Å². The zero-order valence-corrected chi connectivity index (χ0v) is 21.5. The Kier molecular flexibility index (Phi) is 7.15. The third-order valence-electron chi connectivity index (χ3n) is 7.21. The van der Waals surface area contributed by atoms with Gasteiger partial charge in [0.15, 0.2) is 11.5 Å².